The molecule has 23 heavy (non-hydrogen) atoms. The molecule has 0 bridgehead atoms. The van der Waals surface area contributed by atoms with Crippen LogP contribution in [0, 0.1) is 0 Å². The minimum atomic E-state index is -0.508. The third-order valence-corrected chi connectivity index (χ3v) is 5.78. The molecule has 0 radical (unpaired) electrons. The molecule has 2 rings (SSSR count). The molecule has 0 aliphatic carbocycles. The Kier molecular flexibility index (Phi) is 5.34. The van der Waals surface area contributed by atoms with E-state index in [1.807, 2.05) is 52.8 Å². The van der Waals surface area contributed by atoms with E-state index in [1.54, 1.807) is 0 Å². The Hall–Kier alpha value is -0.775. The van der Waals surface area contributed by atoms with Gasteiger partial charge in [0, 0.05) is 11.7 Å². The van der Waals surface area contributed by atoms with Gasteiger partial charge in [-0.05, 0) is 39.0 Å². The number of rotatable bonds is 5. The average Bonchev–Trinajstić information content (AvgIpc) is 2.69. The van der Waals surface area contributed by atoms with Crippen molar-refractivity contribution in [2.24, 2.45) is 0 Å². The second-order valence-corrected chi connectivity index (χ2v) is 8.67. The molecule has 1 saturated heterocycles. The molecular weight excluding hydrogens is 307 g/mol. The third-order valence-electron chi connectivity index (χ3n) is 5.02. The van der Waals surface area contributed by atoms with Gasteiger partial charge in [0.1, 0.15) is 0 Å². The van der Waals surface area contributed by atoms with E-state index in [0.29, 0.717) is 6.42 Å². The fourth-order valence-electron chi connectivity index (χ4n) is 2.76. The van der Waals surface area contributed by atoms with Gasteiger partial charge in [0.05, 0.1) is 11.2 Å². The van der Waals surface area contributed by atoms with Crippen LogP contribution in [0.1, 0.15) is 53.5 Å². The lowest BCUT2D eigenvalue weighted by Gasteiger charge is -2.32. The van der Waals surface area contributed by atoms with E-state index in [2.05, 4.69) is 19.1 Å². The zero-order chi connectivity index (χ0) is 17.3. The molecule has 1 heterocycles. The van der Waals surface area contributed by atoms with E-state index in [1.165, 1.54) is 11.8 Å². The quantitative estimate of drug-likeness (QED) is 0.755. The summed E-state index contributed by atoms with van der Waals surface area (Å²) in [5.74, 6) is 0.785. The molecule has 3 nitrogen and oxygen atoms in total. The van der Waals surface area contributed by atoms with Gasteiger partial charge in [-0.2, -0.15) is 0 Å². The second-order valence-electron chi connectivity index (χ2n) is 7.35. The van der Waals surface area contributed by atoms with Crippen molar-refractivity contribution in [2.45, 2.75) is 64.5 Å². The van der Waals surface area contributed by atoms with Crippen LogP contribution in [0.25, 0.3) is 0 Å². The summed E-state index contributed by atoms with van der Waals surface area (Å²) in [7, 11) is -0.448. The van der Waals surface area contributed by atoms with Gasteiger partial charge in [0.2, 0.25) is 0 Å². The van der Waals surface area contributed by atoms with Crippen LogP contribution >= 0.6 is 11.8 Å². The van der Waals surface area contributed by atoms with E-state index in [0.717, 1.165) is 11.3 Å². The normalized spacial score (nSPS) is 21.9. The van der Waals surface area contributed by atoms with Gasteiger partial charge >= 0.3 is 7.12 Å². The third kappa shape index (κ3) is 3.67. The number of carbonyl (C=O) groups excluding carboxylic acids is 1. The highest BCUT2D eigenvalue weighted by atomic mass is 32.2. The van der Waals surface area contributed by atoms with Gasteiger partial charge in [-0.15, -0.1) is 0 Å². The molecule has 0 saturated carbocycles. The lowest BCUT2D eigenvalue weighted by molar-refractivity contribution is -0.111. The van der Waals surface area contributed by atoms with Crippen molar-refractivity contribution in [3.8, 4) is 0 Å². The van der Waals surface area contributed by atoms with Crippen LogP contribution in [0.4, 0.5) is 0 Å². The predicted molar refractivity (Wildman–Crippen MR) is 97.6 cm³/mol. The van der Waals surface area contributed by atoms with Crippen LogP contribution in [0.5, 0.6) is 0 Å². The molecule has 5 heteroatoms. The largest absolute Gasteiger partial charge is 0.469 e. The molecule has 1 fully saturated rings. The number of hydrogen-bond acceptors (Lipinski definition) is 4. The fraction of sp³-hybridized carbons (Fsp3) is 0.611. The number of hydrogen-bond donors (Lipinski definition) is 0. The Morgan fingerprint density at radius 2 is 1.65 bits per heavy atom. The smallest absolute Gasteiger partial charge is 0.403 e. The molecule has 1 aromatic carbocycles. The Bertz CT molecular complexity index is 543. The summed E-state index contributed by atoms with van der Waals surface area (Å²) < 4.78 is 12.6. The second kappa shape index (κ2) is 6.62. The Morgan fingerprint density at radius 1 is 1.13 bits per heavy atom. The molecule has 1 aliphatic rings. The zero-order valence-corrected chi connectivity index (χ0v) is 15.8. The Morgan fingerprint density at radius 3 is 2.13 bits per heavy atom. The van der Waals surface area contributed by atoms with Gasteiger partial charge in [-0.1, -0.05) is 55.9 Å². The molecule has 0 N–H and O–H groups in total. The average molecular weight is 334 g/mol. The fourth-order valence-corrected chi connectivity index (χ4v) is 3.48. The first-order valence-electron chi connectivity index (χ1n) is 8.19. The van der Waals surface area contributed by atoms with Gasteiger partial charge in [0.15, 0.2) is 5.12 Å². The van der Waals surface area contributed by atoms with E-state index < -0.39 is 23.6 Å². The molecule has 1 aliphatic heterocycles. The van der Waals surface area contributed by atoms with Crippen molar-refractivity contribution in [2.75, 3.05) is 5.75 Å². The molecule has 1 aromatic rings. The maximum absolute atomic E-state index is 12.4. The molecule has 1 unspecified atom stereocenters. The van der Waals surface area contributed by atoms with Crippen molar-refractivity contribution in [3.05, 3.63) is 35.9 Å². The van der Waals surface area contributed by atoms with E-state index >= 15 is 0 Å². The van der Waals surface area contributed by atoms with Crippen molar-refractivity contribution >= 4 is 24.0 Å². The summed E-state index contributed by atoms with van der Waals surface area (Å²) in [4.78, 5) is 12.4. The highest BCUT2D eigenvalue weighted by molar-refractivity contribution is 8.13. The lowest BCUT2D eigenvalue weighted by Crippen LogP contribution is -2.45. The van der Waals surface area contributed by atoms with Gasteiger partial charge in [0.25, 0.3) is 0 Å². The number of benzene rings is 1. The van der Waals surface area contributed by atoms with Crippen molar-refractivity contribution in [1.29, 1.82) is 0 Å². The maximum Gasteiger partial charge on any atom is 0.469 e. The molecular formula is C18H27BO3S. The summed E-state index contributed by atoms with van der Waals surface area (Å²) in [5, 5.41) is -0.334. The Labute approximate surface area is 144 Å². The van der Waals surface area contributed by atoms with Crippen LogP contribution < -0.4 is 0 Å². The topological polar surface area (TPSA) is 35.5 Å². The van der Waals surface area contributed by atoms with Crippen LogP contribution in [0.2, 0.25) is 0 Å². The summed E-state index contributed by atoms with van der Waals surface area (Å²) >= 11 is 1.36. The van der Waals surface area contributed by atoms with Gasteiger partial charge < -0.3 is 9.31 Å². The lowest BCUT2D eigenvalue weighted by atomic mass is 9.53. The first-order valence-corrected chi connectivity index (χ1v) is 9.18. The minimum absolute atomic E-state index is 0.175. The molecule has 126 valence electrons. The molecule has 1 atom stereocenters. The summed E-state index contributed by atoms with van der Waals surface area (Å²) in [6.45, 7) is 12.2. The zero-order valence-electron chi connectivity index (χ0n) is 15.0. The Balaban J connectivity index is 2.37. The SMILES string of the molecule is CCSC(=O)CC(C)(B1OC(C)(C)C(C)(C)O1)c1ccccc1. The van der Waals surface area contributed by atoms with Gasteiger partial charge in [-0.25, -0.2) is 0 Å². The number of carbonyl (C=O) groups is 1. The maximum atomic E-state index is 12.4. The van der Waals surface area contributed by atoms with Gasteiger partial charge in [-0.3, -0.25) is 4.79 Å². The standard InChI is InChI=1S/C18H27BO3S/c1-7-23-15(20)13-18(6,14-11-9-8-10-12-14)19-21-16(2,3)17(4,5)22-19/h8-12H,7,13H2,1-6H3. The summed E-state index contributed by atoms with van der Waals surface area (Å²) in [6, 6.07) is 10.1. The minimum Gasteiger partial charge on any atom is -0.403 e. The van der Waals surface area contributed by atoms with E-state index in [-0.39, 0.29) is 5.12 Å². The van der Waals surface area contributed by atoms with Crippen LogP contribution in [0.3, 0.4) is 0 Å². The van der Waals surface area contributed by atoms with Crippen molar-refractivity contribution < 1.29 is 14.1 Å². The summed E-state index contributed by atoms with van der Waals surface area (Å²) in [5.41, 5.74) is 0.257. The van der Waals surface area contributed by atoms with Crippen molar-refractivity contribution in [1.82, 2.24) is 0 Å². The number of thioether (sulfide) groups is 1. The highest BCUT2D eigenvalue weighted by Gasteiger charge is 2.58. The van der Waals surface area contributed by atoms with Crippen LogP contribution in [-0.4, -0.2) is 29.2 Å². The van der Waals surface area contributed by atoms with Crippen molar-refractivity contribution in [3.63, 3.8) is 0 Å². The summed E-state index contributed by atoms with van der Waals surface area (Å²) in [6.07, 6.45) is 0.395. The predicted octanol–water partition coefficient (Wildman–Crippen LogP) is 4.25. The first kappa shape index (κ1) is 18.6. The van der Waals surface area contributed by atoms with Crippen LogP contribution in [0.15, 0.2) is 30.3 Å². The highest BCUT2D eigenvalue weighted by Crippen LogP contribution is 2.44. The first-order chi connectivity index (χ1) is 10.6. The van der Waals surface area contributed by atoms with Crippen LogP contribution in [-0.2, 0) is 19.4 Å². The molecule has 0 aromatic heterocycles. The molecule has 0 amide bonds. The van der Waals surface area contributed by atoms with E-state index in [4.69, 9.17) is 9.31 Å². The van der Waals surface area contributed by atoms with E-state index in [9.17, 15) is 4.79 Å². The monoisotopic (exact) mass is 334 g/mol. The molecule has 0 spiro atoms.